The van der Waals surface area contributed by atoms with Crippen LogP contribution in [0.2, 0.25) is 0 Å². The zero-order valence-corrected chi connectivity index (χ0v) is 6.55. The number of hydrogen-bond donors (Lipinski definition) is 0. The molecule has 0 aliphatic carbocycles. The monoisotopic (exact) mass is 180 g/mol. The van der Waals surface area contributed by atoms with Gasteiger partial charge < -0.3 is 22.6 Å². The molecule has 0 aromatic carbocycles. The van der Waals surface area contributed by atoms with E-state index in [-0.39, 0.29) is 12.1 Å². The number of ether oxygens (including phenoxy) is 1. The number of likely N-dealkylation sites (tertiary alicyclic amines) is 1. The molecule has 0 radical (unpaired) electrons. The molecule has 12 heavy (non-hydrogen) atoms. The summed E-state index contributed by atoms with van der Waals surface area (Å²) >= 11 is 0. The molecule has 2 saturated heterocycles. The number of fused-ring (bicyclic) bond motifs is 2. The van der Waals surface area contributed by atoms with E-state index in [2.05, 4.69) is 0 Å². The Hall–Kier alpha value is -0.225. The third-order valence-corrected chi connectivity index (χ3v) is 2.46. The molecule has 70 valence electrons. The number of rotatable bonds is 2. The third-order valence-electron chi connectivity index (χ3n) is 2.46. The molecule has 2 nitrogen and oxygen atoms in total. The van der Waals surface area contributed by atoms with Gasteiger partial charge in [-0.25, -0.2) is 0 Å². The molecule has 2 aliphatic rings. The van der Waals surface area contributed by atoms with Crippen LogP contribution in [0.1, 0.15) is 6.42 Å². The van der Waals surface area contributed by atoms with Gasteiger partial charge in [-0.05, 0) is 12.9 Å². The lowest BCUT2D eigenvalue weighted by Gasteiger charge is -2.30. The van der Waals surface area contributed by atoms with Gasteiger partial charge in [-0.3, -0.25) is 0 Å². The normalized spacial score (nSPS) is 36.2. The fourth-order valence-electron chi connectivity index (χ4n) is 1.97. The van der Waals surface area contributed by atoms with Gasteiger partial charge in [0.05, 0.1) is 12.7 Å². The van der Waals surface area contributed by atoms with Crippen molar-refractivity contribution in [2.75, 3.05) is 19.6 Å². The molecule has 6 heteroatoms. The second-order valence-corrected chi connectivity index (χ2v) is 3.51. The van der Waals surface area contributed by atoms with Crippen molar-refractivity contribution >= 4 is 6.98 Å². The largest absolute Gasteiger partial charge is 0.492 e. The van der Waals surface area contributed by atoms with Gasteiger partial charge in [-0.2, -0.15) is 0 Å². The van der Waals surface area contributed by atoms with Crippen LogP contribution < -0.4 is 0 Å². The van der Waals surface area contributed by atoms with Crippen LogP contribution in [0, 0.1) is 0 Å². The van der Waals surface area contributed by atoms with Crippen LogP contribution >= 0.6 is 0 Å². The predicted octanol–water partition coefficient (Wildman–Crippen LogP) is 0.846. The topological polar surface area (TPSA) is 12.5 Å². The minimum absolute atomic E-state index is 0.0264. The van der Waals surface area contributed by atoms with E-state index in [9.17, 15) is 12.9 Å². The molecule has 0 aromatic rings. The summed E-state index contributed by atoms with van der Waals surface area (Å²) in [6.45, 7) is -3.71. The summed E-state index contributed by atoms with van der Waals surface area (Å²) in [7, 11) is 0. The Balaban J connectivity index is 1.91. The van der Waals surface area contributed by atoms with Crippen molar-refractivity contribution in [1.29, 1.82) is 0 Å². The second-order valence-electron chi connectivity index (χ2n) is 3.51. The first-order valence-electron chi connectivity index (χ1n) is 4.11. The van der Waals surface area contributed by atoms with Gasteiger partial charge in [0.25, 0.3) is 0 Å². The molecule has 0 amide bonds. The standard InChI is InChI=1S/C6H10BF3NO/c8-7(9,10)4-11-2-6-1-5(11)3-12-6/h5-6H,1-4H2/q-1/t5-,6-/m0/s1. The quantitative estimate of drug-likeness (QED) is 0.584. The van der Waals surface area contributed by atoms with Gasteiger partial charge in [0.1, 0.15) is 0 Å². The molecular formula is C6H10BF3NO-. The highest BCUT2D eigenvalue weighted by Gasteiger charge is 2.41. The van der Waals surface area contributed by atoms with Gasteiger partial charge in [-0.15, -0.1) is 0 Å². The van der Waals surface area contributed by atoms with Gasteiger partial charge in [0.2, 0.25) is 0 Å². The fourth-order valence-corrected chi connectivity index (χ4v) is 1.97. The van der Waals surface area contributed by atoms with Crippen molar-refractivity contribution in [2.24, 2.45) is 0 Å². The Morgan fingerprint density at radius 2 is 2.17 bits per heavy atom. The number of hydrogen-bond acceptors (Lipinski definition) is 2. The van der Waals surface area contributed by atoms with Crippen LogP contribution in [-0.2, 0) is 4.74 Å². The fraction of sp³-hybridized carbons (Fsp3) is 1.00. The maximum atomic E-state index is 12.0. The average molecular weight is 180 g/mol. The third kappa shape index (κ3) is 1.59. The Labute approximate surface area is 68.7 Å². The molecule has 0 spiro atoms. The Morgan fingerprint density at radius 1 is 1.42 bits per heavy atom. The van der Waals surface area contributed by atoms with Crippen LogP contribution in [0.3, 0.4) is 0 Å². The highest BCUT2D eigenvalue weighted by atomic mass is 19.4. The lowest BCUT2D eigenvalue weighted by Crippen LogP contribution is -2.44. The minimum atomic E-state index is -4.66. The summed E-state index contributed by atoms with van der Waals surface area (Å²) < 4.78 is 41.2. The highest BCUT2D eigenvalue weighted by Crippen LogP contribution is 2.29. The molecule has 2 atom stereocenters. The van der Waals surface area contributed by atoms with E-state index >= 15 is 0 Å². The van der Waals surface area contributed by atoms with Gasteiger partial charge in [0.15, 0.2) is 0 Å². The van der Waals surface area contributed by atoms with Crippen molar-refractivity contribution in [1.82, 2.24) is 4.90 Å². The minimum Gasteiger partial charge on any atom is -0.448 e. The molecule has 0 saturated carbocycles. The molecule has 2 rings (SSSR count). The summed E-state index contributed by atoms with van der Waals surface area (Å²) in [4.78, 5) is 1.49. The molecule has 2 heterocycles. The number of morpholine rings is 1. The van der Waals surface area contributed by atoms with Crippen molar-refractivity contribution in [3.05, 3.63) is 0 Å². The number of halogens is 3. The van der Waals surface area contributed by atoms with E-state index in [0.717, 1.165) is 6.42 Å². The zero-order chi connectivity index (χ0) is 8.77. The van der Waals surface area contributed by atoms with Gasteiger partial charge in [0, 0.05) is 12.6 Å². The Morgan fingerprint density at radius 3 is 2.58 bits per heavy atom. The SMILES string of the molecule is F[B-](F)(F)CN1C[C@@H]2C[C@H]1CO2. The predicted molar refractivity (Wildman–Crippen MR) is 38.8 cm³/mol. The first kappa shape index (κ1) is 8.38. The van der Waals surface area contributed by atoms with Crippen molar-refractivity contribution in [2.45, 2.75) is 18.6 Å². The smallest absolute Gasteiger partial charge is 0.448 e. The Bertz CT molecular complexity index is 186. The lowest BCUT2D eigenvalue weighted by molar-refractivity contribution is 0.0347. The van der Waals surface area contributed by atoms with Crippen LogP contribution in [-0.4, -0.2) is 43.6 Å². The van der Waals surface area contributed by atoms with Crippen LogP contribution in [0.5, 0.6) is 0 Å². The number of nitrogens with zero attached hydrogens (tertiary/aromatic N) is 1. The summed E-state index contributed by atoms with van der Waals surface area (Å²) in [6.07, 6.45) is 0.129. The summed E-state index contributed by atoms with van der Waals surface area (Å²) in [5.41, 5.74) is 0. The van der Waals surface area contributed by atoms with Crippen LogP contribution in [0.15, 0.2) is 0 Å². The van der Waals surface area contributed by atoms with E-state index < -0.39 is 13.4 Å². The zero-order valence-electron chi connectivity index (χ0n) is 6.55. The molecule has 2 aliphatic heterocycles. The molecule has 0 N–H and O–H groups in total. The average Bonchev–Trinajstić information content (AvgIpc) is 2.42. The molecule has 2 fully saturated rings. The van der Waals surface area contributed by atoms with E-state index in [1.54, 1.807) is 0 Å². The van der Waals surface area contributed by atoms with E-state index in [0.29, 0.717) is 13.2 Å². The van der Waals surface area contributed by atoms with Crippen molar-refractivity contribution in [3.63, 3.8) is 0 Å². The van der Waals surface area contributed by atoms with Crippen LogP contribution in [0.4, 0.5) is 12.9 Å². The lowest BCUT2D eigenvalue weighted by atomic mass is 9.91. The van der Waals surface area contributed by atoms with E-state index in [4.69, 9.17) is 4.74 Å². The van der Waals surface area contributed by atoms with Gasteiger partial charge in [-0.1, -0.05) is 0 Å². The first-order valence-corrected chi connectivity index (χ1v) is 4.11. The van der Waals surface area contributed by atoms with E-state index in [1.807, 2.05) is 0 Å². The first-order chi connectivity index (χ1) is 5.54. The maximum absolute atomic E-state index is 12.0. The van der Waals surface area contributed by atoms with E-state index in [1.165, 1.54) is 4.90 Å². The highest BCUT2D eigenvalue weighted by molar-refractivity contribution is 6.58. The molecule has 0 unspecified atom stereocenters. The van der Waals surface area contributed by atoms with Crippen molar-refractivity contribution in [3.8, 4) is 0 Å². The summed E-state index contributed by atoms with van der Waals surface area (Å²) in [6, 6.07) is 0.0264. The molecular weight excluding hydrogens is 170 g/mol. The molecule has 2 bridgehead atoms. The van der Waals surface area contributed by atoms with Crippen LogP contribution in [0.25, 0.3) is 0 Å². The molecule has 0 aromatic heterocycles. The van der Waals surface area contributed by atoms with Gasteiger partial charge >= 0.3 is 6.98 Å². The summed E-state index contributed by atoms with van der Waals surface area (Å²) in [5.74, 6) is 0. The Kier molecular flexibility index (Phi) is 1.84. The maximum Gasteiger partial charge on any atom is 0.492 e. The van der Waals surface area contributed by atoms with Crippen molar-refractivity contribution < 1.29 is 17.7 Å². The second kappa shape index (κ2) is 2.63. The summed E-state index contributed by atoms with van der Waals surface area (Å²) in [5, 5.41) is 0.